The van der Waals surface area contributed by atoms with Gasteiger partial charge >= 0.3 is 0 Å². The molecule has 348 valence electrons. The number of fused-ring (bicyclic) bond motifs is 5. The van der Waals surface area contributed by atoms with Gasteiger partial charge in [0.1, 0.15) is 30.8 Å². The van der Waals surface area contributed by atoms with Crippen LogP contribution in [0.5, 0.6) is 11.5 Å². The first-order valence-electron chi connectivity index (χ1n) is 22.5. The van der Waals surface area contributed by atoms with Crippen LogP contribution in [-0.4, -0.2) is 79.4 Å². The highest BCUT2D eigenvalue weighted by Gasteiger charge is 2.37. The second-order valence-electron chi connectivity index (χ2n) is 17.5. The minimum atomic E-state index is -1.33. The summed E-state index contributed by atoms with van der Waals surface area (Å²) in [6.07, 6.45) is -0.296. The topological polar surface area (TPSA) is 238 Å². The van der Waals surface area contributed by atoms with Gasteiger partial charge in [0.25, 0.3) is 0 Å². The van der Waals surface area contributed by atoms with Crippen molar-refractivity contribution in [1.29, 1.82) is 5.26 Å². The summed E-state index contributed by atoms with van der Waals surface area (Å²) < 4.78 is 12.2. The molecule has 0 unspecified atom stereocenters. The Hall–Kier alpha value is -6.69. The van der Waals surface area contributed by atoms with Crippen molar-refractivity contribution >= 4 is 35.1 Å². The van der Waals surface area contributed by atoms with Gasteiger partial charge in [-0.15, -0.1) is 0 Å². The number of hydrogen-bond donors (Lipinski definition) is 4. The van der Waals surface area contributed by atoms with Gasteiger partial charge in [-0.2, -0.15) is 5.26 Å². The predicted octanol–water partition coefficient (Wildman–Crippen LogP) is 5.98. The van der Waals surface area contributed by atoms with E-state index < -0.39 is 53.8 Å². The molecule has 4 aromatic carbocycles. The Kier molecular flexibility index (Phi) is 17.9. The first-order valence-corrected chi connectivity index (χ1v) is 22.5. The third-order valence-electron chi connectivity index (χ3n) is 11.7. The molecule has 0 saturated carbocycles. The third-order valence-corrected chi connectivity index (χ3v) is 11.7. The molecule has 14 nitrogen and oxygen atoms in total. The molecule has 0 radical (unpaired) electrons. The number of primary amides is 1. The lowest BCUT2D eigenvalue weighted by atomic mass is 9.87. The molecule has 1 aliphatic rings. The van der Waals surface area contributed by atoms with Crippen molar-refractivity contribution in [3.63, 3.8) is 0 Å². The molecule has 0 saturated heterocycles. The van der Waals surface area contributed by atoms with E-state index in [2.05, 4.69) is 43.4 Å². The van der Waals surface area contributed by atoms with Crippen LogP contribution in [0.25, 0.3) is 22.3 Å². The van der Waals surface area contributed by atoms with Crippen LogP contribution in [0.2, 0.25) is 0 Å². The molecule has 4 bridgehead atoms. The Morgan fingerprint density at radius 3 is 2.09 bits per heavy atom. The van der Waals surface area contributed by atoms with Gasteiger partial charge in [-0.1, -0.05) is 75.4 Å². The van der Waals surface area contributed by atoms with Crippen LogP contribution in [0.15, 0.2) is 78.9 Å². The fraction of sp³-hybridized carbons (Fsp3) is 0.404. The molecule has 0 aromatic heterocycles. The number of rotatable bonds is 19. The van der Waals surface area contributed by atoms with Crippen molar-refractivity contribution in [2.75, 3.05) is 33.4 Å². The molecule has 5 rings (SSSR count). The van der Waals surface area contributed by atoms with E-state index in [1.54, 1.807) is 49.4 Å². The molecule has 7 N–H and O–H groups in total. The van der Waals surface area contributed by atoms with E-state index in [1.807, 2.05) is 25.1 Å². The SMILES string of the molecule is Cc1cc(-c2ccc(CC(C)C)cc2)ccc1C(=O)C[C@@H](CC(N)=O)C(=O)N(C)[C@@H]1C(=O)C[C@@H](C)C(=O)N[C@H](C(=O)CCC#N)Cc2ccc(OCCN)c(c2)-c2cc1ccc2OCCN. The molecule has 3 amide bonds. The minimum absolute atomic E-state index is 0.0467. The van der Waals surface area contributed by atoms with Gasteiger partial charge in [-0.05, 0) is 83.3 Å². The van der Waals surface area contributed by atoms with E-state index in [-0.39, 0.29) is 70.0 Å². The number of benzene rings is 4. The normalized spacial score (nSPS) is 16.6. The van der Waals surface area contributed by atoms with Crippen molar-refractivity contribution in [2.45, 2.75) is 84.7 Å². The lowest BCUT2D eigenvalue weighted by Gasteiger charge is -2.32. The highest BCUT2D eigenvalue weighted by molar-refractivity contribution is 6.02. The highest BCUT2D eigenvalue weighted by atomic mass is 16.5. The predicted molar refractivity (Wildman–Crippen MR) is 252 cm³/mol. The molecule has 4 aromatic rings. The lowest BCUT2D eigenvalue weighted by Crippen LogP contribution is -2.46. The number of likely N-dealkylation sites (N-methyl/N-ethyl adjacent to an activating group) is 1. The van der Waals surface area contributed by atoms with Gasteiger partial charge in [-0.3, -0.25) is 28.8 Å². The highest BCUT2D eigenvalue weighted by Crippen LogP contribution is 2.41. The van der Waals surface area contributed by atoms with Gasteiger partial charge in [0, 0.05) is 74.8 Å². The molecule has 66 heavy (non-hydrogen) atoms. The lowest BCUT2D eigenvalue weighted by molar-refractivity contribution is -0.143. The number of nitrogens with two attached hydrogens (primary N) is 3. The van der Waals surface area contributed by atoms with E-state index in [0.29, 0.717) is 50.8 Å². The standard InChI is InChI=1S/C52H62N6O8/c1-31(2)23-34-8-11-36(12-9-34)37-13-15-40(32(3)24-37)45(60)29-39(30-49(56)62)52(64)58(5)50-38-14-17-48(66-22-20-55)42(28-38)41-26-35(10-16-47(41)65-21-19-54)27-43(44(59)7-6-18-53)57-51(63)33(4)25-46(50)61/h8-17,24,26,28,31,33,39,43,50H,6-7,19-23,25,27,29-30,54-55H2,1-5H3,(H2,56,62)(H,57,63)/t33-,39+,43+,50+/m1/s1. The number of ether oxygens (including phenoxy) is 2. The fourth-order valence-corrected chi connectivity index (χ4v) is 8.41. The van der Waals surface area contributed by atoms with E-state index in [1.165, 1.54) is 17.5 Å². The Morgan fingerprint density at radius 1 is 0.848 bits per heavy atom. The molecule has 1 heterocycles. The van der Waals surface area contributed by atoms with E-state index >= 15 is 0 Å². The zero-order chi connectivity index (χ0) is 48.1. The van der Waals surface area contributed by atoms with Crippen LogP contribution in [0, 0.1) is 36.0 Å². The van der Waals surface area contributed by atoms with Crippen LogP contribution in [0.4, 0.5) is 0 Å². The quantitative estimate of drug-likeness (QED) is 0.0799. The van der Waals surface area contributed by atoms with Crippen LogP contribution in [0.3, 0.4) is 0 Å². The molecule has 14 heteroatoms. The Bertz CT molecular complexity index is 2460. The first-order chi connectivity index (χ1) is 31.5. The largest absolute Gasteiger partial charge is 0.492 e. The summed E-state index contributed by atoms with van der Waals surface area (Å²) in [5.74, 6) is -4.21. The average molecular weight is 899 g/mol. The molecule has 4 atom stereocenters. The summed E-state index contributed by atoms with van der Waals surface area (Å²) in [6, 6.07) is 23.7. The second-order valence-corrected chi connectivity index (χ2v) is 17.5. The first kappa shape index (κ1) is 50.3. The van der Waals surface area contributed by atoms with E-state index in [4.69, 9.17) is 26.7 Å². The molecule has 0 fully saturated rings. The van der Waals surface area contributed by atoms with Crippen molar-refractivity contribution in [1.82, 2.24) is 10.2 Å². The molecular weight excluding hydrogens is 837 g/mol. The monoisotopic (exact) mass is 898 g/mol. The maximum Gasteiger partial charge on any atom is 0.227 e. The van der Waals surface area contributed by atoms with Gasteiger partial charge in [0.2, 0.25) is 17.7 Å². The number of carbonyl (C=O) groups is 6. The molecule has 0 aliphatic carbocycles. The minimum Gasteiger partial charge on any atom is -0.492 e. The average Bonchev–Trinajstić information content (AvgIpc) is 3.28. The number of nitrogens with one attached hydrogen (secondary N) is 1. The smallest absolute Gasteiger partial charge is 0.227 e. The van der Waals surface area contributed by atoms with Crippen LogP contribution in [-0.2, 0) is 36.8 Å². The maximum atomic E-state index is 14.8. The number of Topliss-reactive ketones (excluding diaryl/α,β-unsaturated/α-hetero) is 3. The number of hydrogen-bond acceptors (Lipinski definition) is 11. The van der Waals surface area contributed by atoms with Crippen molar-refractivity contribution < 1.29 is 38.2 Å². The summed E-state index contributed by atoms with van der Waals surface area (Å²) in [5, 5.41) is 12.1. The summed E-state index contributed by atoms with van der Waals surface area (Å²) in [6.45, 7) is 8.40. The summed E-state index contributed by atoms with van der Waals surface area (Å²) in [7, 11) is 1.42. The van der Waals surface area contributed by atoms with Crippen LogP contribution >= 0.6 is 0 Å². The Morgan fingerprint density at radius 2 is 1.48 bits per heavy atom. The fourth-order valence-electron chi connectivity index (χ4n) is 8.41. The van der Waals surface area contributed by atoms with Gasteiger partial charge in [0.15, 0.2) is 17.3 Å². The number of nitrogens with zero attached hydrogens (tertiary/aromatic N) is 2. The van der Waals surface area contributed by atoms with E-state index in [0.717, 1.165) is 17.5 Å². The number of aryl methyl sites for hydroxylation is 1. The van der Waals surface area contributed by atoms with Gasteiger partial charge in [-0.25, -0.2) is 0 Å². The zero-order valence-corrected chi connectivity index (χ0v) is 38.6. The van der Waals surface area contributed by atoms with E-state index in [9.17, 15) is 34.0 Å². The maximum absolute atomic E-state index is 14.8. The van der Waals surface area contributed by atoms with Crippen molar-refractivity contribution in [2.24, 2.45) is 35.0 Å². The van der Waals surface area contributed by atoms with Crippen molar-refractivity contribution in [3.8, 4) is 39.8 Å². The number of amides is 3. The molecule has 1 aliphatic heterocycles. The second kappa shape index (κ2) is 23.5. The Labute approximate surface area is 387 Å². The molecular formula is C52H62N6O8. The molecule has 0 spiro atoms. The van der Waals surface area contributed by atoms with Crippen LogP contribution < -0.4 is 32.0 Å². The number of ketones is 3. The summed E-state index contributed by atoms with van der Waals surface area (Å²) in [5.41, 5.74) is 23.6. The zero-order valence-electron chi connectivity index (χ0n) is 38.6. The van der Waals surface area contributed by atoms with Crippen LogP contribution in [0.1, 0.15) is 91.5 Å². The number of nitriles is 1. The number of carbonyl (C=O) groups excluding carboxylic acids is 6. The Balaban J connectivity index is 1.57. The third kappa shape index (κ3) is 13.0. The van der Waals surface area contributed by atoms with Gasteiger partial charge in [0.05, 0.1) is 18.0 Å². The summed E-state index contributed by atoms with van der Waals surface area (Å²) >= 11 is 0. The summed E-state index contributed by atoms with van der Waals surface area (Å²) in [4.78, 5) is 84.6. The van der Waals surface area contributed by atoms with Crippen molar-refractivity contribution in [3.05, 3.63) is 107 Å². The van der Waals surface area contributed by atoms with Gasteiger partial charge < -0.3 is 36.9 Å².